The second-order valence-corrected chi connectivity index (χ2v) is 6.64. The van der Waals surface area contributed by atoms with Gasteiger partial charge in [-0.3, -0.25) is 10.1 Å². The highest BCUT2D eigenvalue weighted by molar-refractivity contribution is 6.12. The number of hydrogen-bond donors (Lipinski definition) is 0. The Labute approximate surface area is 160 Å². The monoisotopic (exact) mass is 365 g/mol. The molecule has 4 nitrogen and oxygen atoms in total. The van der Waals surface area contributed by atoms with E-state index < -0.39 is 0 Å². The smallest absolute Gasteiger partial charge is 0.269 e. The van der Waals surface area contributed by atoms with Crippen molar-refractivity contribution < 1.29 is 9.34 Å². The maximum atomic E-state index is 11.0. The molecule has 28 heavy (non-hydrogen) atoms. The summed E-state index contributed by atoms with van der Waals surface area (Å²) < 4.78 is 6.40. The zero-order valence-electron chi connectivity index (χ0n) is 14.8. The van der Waals surface area contributed by atoms with E-state index in [1.165, 1.54) is 12.1 Å². The number of furan rings is 1. The van der Waals surface area contributed by atoms with Gasteiger partial charge in [0.1, 0.15) is 11.3 Å². The molecule has 0 saturated carbocycles. The van der Waals surface area contributed by atoms with Gasteiger partial charge in [0.2, 0.25) is 0 Å². The van der Waals surface area contributed by atoms with Crippen LogP contribution in [0.4, 0.5) is 5.69 Å². The Morgan fingerprint density at radius 1 is 0.679 bits per heavy atom. The molecule has 134 valence electrons. The van der Waals surface area contributed by atoms with Crippen LogP contribution in [0, 0.1) is 10.1 Å². The van der Waals surface area contributed by atoms with Gasteiger partial charge in [0.05, 0.1) is 4.92 Å². The highest BCUT2D eigenvalue weighted by Gasteiger charge is 2.19. The van der Waals surface area contributed by atoms with Crippen LogP contribution >= 0.6 is 0 Å². The molecule has 4 aromatic carbocycles. The average molecular weight is 365 g/mol. The van der Waals surface area contributed by atoms with Gasteiger partial charge in [0, 0.05) is 34.0 Å². The lowest BCUT2D eigenvalue weighted by molar-refractivity contribution is -0.384. The maximum Gasteiger partial charge on any atom is 0.269 e. The van der Waals surface area contributed by atoms with Crippen LogP contribution < -0.4 is 0 Å². The first-order valence-electron chi connectivity index (χ1n) is 8.97. The minimum atomic E-state index is -0.386. The maximum absolute atomic E-state index is 11.0. The SMILES string of the molecule is O=[N+]([O-])c1ccc(-c2c(-c3ccccc3)oc3c2ccc2ccccc23)cc1. The van der Waals surface area contributed by atoms with Gasteiger partial charge in [-0.1, -0.05) is 60.7 Å². The van der Waals surface area contributed by atoms with E-state index >= 15 is 0 Å². The third kappa shape index (κ3) is 2.55. The summed E-state index contributed by atoms with van der Waals surface area (Å²) in [5, 5.41) is 14.2. The predicted molar refractivity (Wildman–Crippen MR) is 111 cm³/mol. The normalized spacial score (nSPS) is 11.1. The van der Waals surface area contributed by atoms with E-state index in [2.05, 4.69) is 24.3 Å². The van der Waals surface area contributed by atoms with Crippen molar-refractivity contribution in [1.82, 2.24) is 0 Å². The summed E-state index contributed by atoms with van der Waals surface area (Å²) in [5.74, 6) is 0.765. The van der Waals surface area contributed by atoms with Crippen LogP contribution in [-0.2, 0) is 0 Å². The molecular formula is C24H15NO3. The molecule has 5 rings (SSSR count). The molecule has 4 heteroatoms. The second-order valence-electron chi connectivity index (χ2n) is 6.64. The van der Waals surface area contributed by atoms with Gasteiger partial charge in [0.25, 0.3) is 5.69 Å². The Bertz CT molecular complexity index is 1320. The van der Waals surface area contributed by atoms with Crippen LogP contribution in [0.3, 0.4) is 0 Å². The fraction of sp³-hybridized carbons (Fsp3) is 0. The largest absolute Gasteiger partial charge is 0.455 e. The zero-order valence-corrected chi connectivity index (χ0v) is 14.8. The zero-order chi connectivity index (χ0) is 19.1. The van der Waals surface area contributed by atoms with E-state index in [4.69, 9.17) is 4.42 Å². The topological polar surface area (TPSA) is 56.3 Å². The minimum Gasteiger partial charge on any atom is -0.455 e. The van der Waals surface area contributed by atoms with Crippen LogP contribution in [0.15, 0.2) is 95.4 Å². The number of benzene rings is 4. The lowest BCUT2D eigenvalue weighted by Gasteiger charge is -2.04. The molecule has 0 aliphatic heterocycles. The number of rotatable bonds is 3. The van der Waals surface area contributed by atoms with Gasteiger partial charge in [-0.15, -0.1) is 0 Å². The molecule has 0 fully saturated rings. The Hall–Kier alpha value is -3.92. The fourth-order valence-electron chi connectivity index (χ4n) is 3.65. The molecule has 1 aromatic heterocycles. The lowest BCUT2D eigenvalue weighted by atomic mass is 9.97. The first-order valence-corrected chi connectivity index (χ1v) is 8.97. The van der Waals surface area contributed by atoms with Gasteiger partial charge >= 0.3 is 0 Å². The van der Waals surface area contributed by atoms with E-state index in [9.17, 15) is 10.1 Å². The van der Waals surface area contributed by atoms with Crippen molar-refractivity contribution in [3.8, 4) is 22.5 Å². The Morgan fingerprint density at radius 2 is 1.39 bits per heavy atom. The highest BCUT2D eigenvalue weighted by atomic mass is 16.6. The molecule has 0 bridgehead atoms. The first-order chi connectivity index (χ1) is 13.7. The molecule has 0 N–H and O–H groups in total. The Morgan fingerprint density at radius 3 is 2.14 bits per heavy atom. The Kier molecular flexibility index (Phi) is 3.69. The number of fused-ring (bicyclic) bond motifs is 3. The third-order valence-corrected chi connectivity index (χ3v) is 4.98. The number of hydrogen-bond acceptors (Lipinski definition) is 3. The predicted octanol–water partition coefficient (Wildman–Crippen LogP) is 6.83. The van der Waals surface area contributed by atoms with Gasteiger partial charge in [-0.2, -0.15) is 0 Å². The van der Waals surface area contributed by atoms with Crippen molar-refractivity contribution in [3.05, 3.63) is 101 Å². The van der Waals surface area contributed by atoms with Gasteiger partial charge in [-0.05, 0) is 29.1 Å². The summed E-state index contributed by atoms with van der Waals surface area (Å²) in [4.78, 5) is 10.6. The average Bonchev–Trinajstić information content (AvgIpc) is 3.14. The molecule has 0 saturated heterocycles. The third-order valence-electron chi connectivity index (χ3n) is 4.98. The summed E-state index contributed by atoms with van der Waals surface area (Å²) >= 11 is 0. The molecule has 0 radical (unpaired) electrons. The standard InChI is InChI=1S/C24H15NO3/c26-25(27)19-13-10-17(11-14-19)22-21-15-12-16-6-4-5-9-20(16)24(21)28-23(22)18-7-2-1-3-8-18/h1-15H. The number of non-ortho nitro benzene ring substituents is 1. The van der Waals surface area contributed by atoms with Crippen molar-refractivity contribution in [1.29, 1.82) is 0 Å². The molecule has 0 aliphatic carbocycles. The van der Waals surface area contributed by atoms with Crippen LogP contribution in [-0.4, -0.2) is 4.92 Å². The molecule has 1 heterocycles. The van der Waals surface area contributed by atoms with E-state index in [0.717, 1.165) is 44.2 Å². The molecule has 0 spiro atoms. The van der Waals surface area contributed by atoms with E-state index in [0.29, 0.717) is 0 Å². The summed E-state index contributed by atoms with van der Waals surface area (Å²) in [5.41, 5.74) is 3.70. The van der Waals surface area contributed by atoms with E-state index in [-0.39, 0.29) is 10.6 Å². The molecule has 5 aromatic rings. The highest BCUT2D eigenvalue weighted by Crippen LogP contribution is 2.43. The van der Waals surface area contributed by atoms with Crippen molar-refractivity contribution in [2.75, 3.05) is 0 Å². The van der Waals surface area contributed by atoms with Crippen LogP contribution in [0.25, 0.3) is 44.2 Å². The molecular weight excluding hydrogens is 350 g/mol. The summed E-state index contributed by atoms with van der Waals surface area (Å²) in [6.07, 6.45) is 0. The summed E-state index contributed by atoms with van der Waals surface area (Å²) in [6.45, 7) is 0. The van der Waals surface area contributed by atoms with Crippen LogP contribution in [0.1, 0.15) is 0 Å². The Balaban J connectivity index is 1.85. The number of nitro groups is 1. The molecule has 0 amide bonds. The quantitative estimate of drug-likeness (QED) is 0.260. The van der Waals surface area contributed by atoms with Gasteiger partial charge in [0.15, 0.2) is 0 Å². The number of nitrogens with zero attached hydrogens (tertiary/aromatic N) is 1. The fourth-order valence-corrected chi connectivity index (χ4v) is 3.65. The molecule has 0 aliphatic rings. The van der Waals surface area contributed by atoms with E-state index in [1.54, 1.807) is 12.1 Å². The van der Waals surface area contributed by atoms with Gasteiger partial charge < -0.3 is 4.42 Å². The molecule has 0 unspecified atom stereocenters. The summed E-state index contributed by atoms with van der Waals surface area (Å²) in [6, 6.07) is 28.8. The van der Waals surface area contributed by atoms with Crippen molar-refractivity contribution >= 4 is 27.4 Å². The second kappa shape index (κ2) is 6.35. The van der Waals surface area contributed by atoms with Crippen molar-refractivity contribution in [3.63, 3.8) is 0 Å². The first kappa shape index (κ1) is 16.3. The lowest BCUT2D eigenvalue weighted by Crippen LogP contribution is -1.87. The molecule has 0 atom stereocenters. The van der Waals surface area contributed by atoms with Crippen LogP contribution in [0.5, 0.6) is 0 Å². The van der Waals surface area contributed by atoms with Crippen LogP contribution in [0.2, 0.25) is 0 Å². The van der Waals surface area contributed by atoms with Gasteiger partial charge in [-0.25, -0.2) is 0 Å². The van der Waals surface area contributed by atoms with E-state index in [1.807, 2.05) is 42.5 Å². The number of nitro benzene ring substituents is 1. The van der Waals surface area contributed by atoms with Crippen molar-refractivity contribution in [2.45, 2.75) is 0 Å². The minimum absolute atomic E-state index is 0.0725. The van der Waals surface area contributed by atoms with Crippen molar-refractivity contribution in [2.24, 2.45) is 0 Å². The summed E-state index contributed by atoms with van der Waals surface area (Å²) in [7, 11) is 0.